The van der Waals surface area contributed by atoms with E-state index in [0.29, 0.717) is 20.0 Å². The Balaban J connectivity index is -0.0000000743. The van der Waals surface area contributed by atoms with Gasteiger partial charge in [0.25, 0.3) is 0 Å². The van der Waals surface area contributed by atoms with Crippen molar-refractivity contribution in [1.29, 1.82) is 0 Å². The molecule has 0 unspecified atom stereocenters. The number of ether oxygens (including phenoxy) is 4. The zero-order chi connectivity index (χ0) is 29.2. The summed E-state index contributed by atoms with van der Waals surface area (Å²) in [5.41, 5.74) is 2.74. The number of hydrogen-bond donors (Lipinski definition) is 0. The molecule has 1 aromatic rings. The summed E-state index contributed by atoms with van der Waals surface area (Å²) in [6.07, 6.45) is 0. The molecule has 4 nitrogen and oxygen atoms in total. The van der Waals surface area contributed by atoms with Crippen molar-refractivity contribution < 1.29 is 18.9 Å². The molecule has 0 atom stereocenters. The van der Waals surface area contributed by atoms with Crippen LogP contribution < -0.4 is 0 Å². The number of allylic oxidation sites excluding steroid dienone is 4. The highest BCUT2D eigenvalue weighted by atomic mass is 16.7. The van der Waals surface area contributed by atoms with Crippen molar-refractivity contribution in [2.45, 2.75) is 125 Å². The Kier molecular flexibility index (Phi) is 55.6. The minimum absolute atomic E-state index is 0.400. The van der Waals surface area contributed by atoms with E-state index < -0.39 is 0 Å². The highest BCUT2D eigenvalue weighted by Crippen LogP contribution is 2.13. The topological polar surface area (TPSA) is 36.9 Å². The standard InChI is InChI=1S/C8H10.C6H10O2.C5H8O2.6C2H6/c1-7-5-3-4-6-8(7)2;1-5-6(2)8-4-3-7-5;1-4-5(2)7-3-6-4;6*1-2/h3-6H,1-2H3;3-4H2,1-2H3;3H2,1-2H3;6*1-2H3. The zero-order valence-corrected chi connectivity index (χ0v) is 27.1. The maximum absolute atomic E-state index is 5.14. The van der Waals surface area contributed by atoms with Gasteiger partial charge in [0.05, 0.1) is 0 Å². The Morgan fingerprint density at radius 3 is 0.771 bits per heavy atom. The van der Waals surface area contributed by atoms with E-state index in [1.807, 2.05) is 111 Å². The van der Waals surface area contributed by atoms with Crippen LogP contribution in [0.5, 0.6) is 0 Å². The Morgan fingerprint density at radius 2 is 0.629 bits per heavy atom. The molecule has 0 spiro atoms. The molecule has 35 heavy (non-hydrogen) atoms. The van der Waals surface area contributed by atoms with E-state index in [2.05, 4.69) is 38.1 Å². The molecule has 212 valence electrons. The van der Waals surface area contributed by atoms with Crippen LogP contribution in [0.15, 0.2) is 47.3 Å². The number of hydrogen-bond acceptors (Lipinski definition) is 4. The number of benzene rings is 1. The van der Waals surface area contributed by atoms with Crippen LogP contribution in [0.2, 0.25) is 0 Å². The maximum Gasteiger partial charge on any atom is 0.230 e. The Hall–Kier alpha value is -2.10. The molecule has 0 aliphatic carbocycles. The van der Waals surface area contributed by atoms with E-state index in [0.717, 1.165) is 23.0 Å². The Labute approximate surface area is 222 Å². The van der Waals surface area contributed by atoms with Crippen LogP contribution in [-0.4, -0.2) is 20.0 Å². The van der Waals surface area contributed by atoms with Crippen LogP contribution in [0.4, 0.5) is 0 Å². The quantitative estimate of drug-likeness (QED) is 0.355. The fourth-order valence-electron chi connectivity index (χ4n) is 1.66. The summed E-state index contributed by atoms with van der Waals surface area (Å²) in [5.74, 6) is 3.63. The first kappa shape index (κ1) is 46.3. The third kappa shape index (κ3) is 31.9. The van der Waals surface area contributed by atoms with Gasteiger partial charge in [0.2, 0.25) is 6.79 Å². The van der Waals surface area contributed by atoms with E-state index in [1.54, 1.807) is 0 Å². The molecule has 0 fully saturated rings. The van der Waals surface area contributed by atoms with Crippen molar-refractivity contribution in [3.8, 4) is 0 Å². The van der Waals surface area contributed by atoms with Crippen molar-refractivity contribution in [3.63, 3.8) is 0 Å². The van der Waals surface area contributed by atoms with Crippen molar-refractivity contribution in [2.75, 3.05) is 20.0 Å². The van der Waals surface area contributed by atoms with E-state index >= 15 is 0 Å². The fourth-order valence-corrected chi connectivity index (χ4v) is 1.66. The second-order valence-corrected chi connectivity index (χ2v) is 5.41. The van der Waals surface area contributed by atoms with Crippen LogP contribution in [0.3, 0.4) is 0 Å². The van der Waals surface area contributed by atoms with Gasteiger partial charge in [-0.2, -0.15) is 0 Å². The van der Waals surface area contributed by atoms with Gasteiger partial charge in [-0.3, -0.25) is 0 Å². The molecule has 3 rings (SSSR count). The maximum atomic E-state index is 5.14. The van der Waals surface area contributed by atoms with Gasteiger partial charge in [0.1, 0.15) is 36.3 Å². The van der Waals surface area contributed by atoms with Gasteiger partial charge in [-0.15, -0.1) is 0 Å². The first-order valence-corrected chi connectivity index (χ1v) is 13.8. The second kappa shape index (κ2) is 42.1. The lowest BCUT2D eigenvalue weighted by molar-refractivity contribution is 0.0648. The number of aryl methyl sites for hydroxylation is 2. The molecule has 4 heteroatoms. The van der Waals surface area contributed by atoms with Crippen molar-refractivity contribution in [3.05, 3.63) is 58.4 Å². The monoisotopic (exact) mass is 500 g/mol. The van der Waals surface area contributed by atoms with Gasteiger partial charge in [0.15, 0.2) is 0 Å². The van der Waals surface area contributed by atoms with Crippen molar-refractivity contribution in [1.82, 2.24) is 0 Å². The molecule has 2 aliphatic heterocycles. The van der Waals surface area contributed by atoms with E-state index in [1.165, 1.54) is 11.1 Å². The molecule has 1 aromatic carbocycles. The third-order valence-corrected chi connectivity index (χ3v) is 3.69. The van der Waals surface area contributed by atoms with Gasteiger partial charge in [-0.1, -0.05) is 107 Å². The first-order chi connectivity index (χ1) is 16.9. The largest absolute Gasteiger partial charge is 0.491 e. The molecule has 0 aromatic heterocycles. The third-order valence-electron chi connectivity index (χ3n) is 3.69. The van der Waals surface area contributed by atoms with Gasteiger partial charge < -0.3 is 18.9 Å². The first-order valence-electron chi connectivity index (χ1n) is 13.8. The van der Waals surface area contributed by atoms with Gasteiger partial charge in [-0.25, -0.2) is 0 Å². The van der Waals surface area contributed by atoms with E-state index in [9.17, 15) is 0 Å². The lowest BCUT2D eigenvalue weighted by Gasteiger charge is -2.16. The summed E-state index contributed by atoms with van der Waals surface area (Å²) >= 11 is 0. The predicted molar refractivity (Wildman–Crippen MR) is 160 cm³/mol. The van der Waals surface area contributed by atoms with Gasteiger partial charge in [0, 0.05) is 0 Å². The molecule has 2 aliphatic rings. The molecular weight excluding hydrogens is 436 g/mol. The predicted octanol–water partition coefficient (Wildman–Crippen LogP) is 11.0. The van der Waals surface area contributed by atoms with Gasteiger partial charge >= 0.3 is 0 Å². The van der Waals surface area contributed by atoms with Crippen LogP contribution in [0, 0.1) is 13.8 Å². The Morgan fingerprint density at radius 1 is 0.400 bits per heavy atom. The summed E-state index contributed by atoms with van der Waals surface area (Å²) in [7, 11) is 0. The molecule has 0 saturated heterocycles. The smallest absolute Gasteiger partial charge is 0.230 e. The lowest BCUT2D eigenvalue weighted by Crippen LogP contribution is -2.10. The molecule has 0 bridgehead atoms. The zero-order valence-electron chi connectivity index (χ0n) is 27.1. The van der Waals surface area contributed by atoms with Crippen molar-refractivity contribution >= 4 is 0 Å². The van der Waals surface area contributed by atoms with Crippen molar-refractivity contribution in [2.24, 2.45) is 0 Å². The highest BCUT2D eigenvalue weighted by Gasteiger charge is 2.05. The fraction of sp³-hybridized carbons (Fsp3) is 0.677. The summed E-state index contributed by atoms with van der Waals surface area (Å²) in [6, 6.07) is 8.36. The molecule has 0 amide bonds. The van der Waals surface area contributed by atoms with E-state index in [4.69, 9.17) is 18.9 Å². The molecule has 0 saturated carbocycles. The highest BCUT2D eigenvalue weighted by molar-refractivity contribution is 5.23. The molecule has 2 heterocycles. The molecule has 0 N–H and O–H groups in total. The van der Waals surface area contributed by atoms with Crippen LogP contribution in [0.25, 0.3) is 0 Å². The average Bonchev–Trinajstić information content (AvgIpc) is 3.32. The molecule has 0 radical (unpaired) electrons. The Bertz CT molecular complexity index is 514. The van der Waals surface area contributed by atoms with Crippen LogP contribution in [-0.2, 0) is 18.9 Å². The molecular formula is C31H64O4. The van der Waals surface area contributed by atoms with Crippen LogP contribution >= 0.6 is 0 Å². The average molecular weight is 501 g/mol. The summed E-state index contributed by atoms with van der Waals surface area (Å²) in [6.45, 7) is 37.6. The minimum atomic E-state index is 0.400. The van der Waals surface area contributed by atoms with Crippen LogP contribution in [0.1, 0.15) is 122 Å². The summed E-state index contributed by atoms with van der Waals surface area (Å²) in [5, 5.41) is 0. The number of rotatable bonds is 0. The SMILES string of the molecule is CC.CC.CC.CC.CC.CC.CC1=C(C)OCCO1.CC1=C(C)OCO1.Cc1ccccc1C. The minimum Gasteiger partial charge on any atom is -0.491 e. The lowest BCUT2D eigenvalue weighted by atomic mass is 10.1. The van der Waals surface area contributed by atoms with E-state index in [-0.39, 0.29) is 0 Å². The van der Waals surface area contributed by atoms with Gasteiger partial charge in [-0.05, 0) is 52.7 Å². The second-order valence-electron chi connectivity index (χ2n) is 5.41. The normalized spacial score (nSPS) is 11.5. The summed E-state index contributed by atoms with van der Waals surface area (Å²) in [4.78, 5) is 0. The summed E-state index contributed by atoms with van der Waals surface area (Å²) < 4.78 is 20.1.